The minimum atomic E-state index is 0.799. The van der Waals surface area contributed by atoms with Crippen molar-refractivity contribution in [3.05, 3.63) is 24.0 Å². The lowest BCUT2D eigenvalue weighted by atomic mass is 10.3. The Hall–Kier alpha value is -1.42. The molecule has 2 aromatic heterocycles. The van der Waals surface area contributed by atoms with Crippen LogP contribution in [-0.4, -0.2) is 9.97 Å². The predicted octanol–water partition coefficient (Wildman–Crippen LogP) is 2.44. The van der Waals surface area contributed by atoms with Crippen LogP contribution in [0.1, 0.15) is 0 Å². The van der Waals surface area contributed by atoms with Crippen molar-refractivity contribution < 1.29 is 4.42 Å². The first-order valence-electron chi connectivity index (χ1n) is 3.50. The molecular formula is C8H4N2OS. The van der Waals surface area contributed by atoms with Gasteiger partial charge in [0.15, 0.2) is 12.0 Å². The van der Waals surface area contributed by atoms with Gasteiger partial charge in [-0.15, -0.1) is 11.3 Å². The van der Waals surface area contributed by atoms with Gasteiger partial charge < -0.3 is 4.42 Å². The fourth-order valence-corrected chi connectivity index (χ4v) is 1.93. The number of hydrogen-bond acceptors (Lipinski definition) is 4. The zero-order valence-electron chi connectivity index (χ0n) is 6.02. The van der Waals surface area contributed by atoms with Crippen molar-refractivity contribution in [3.63, 3.8) is 0 Å². The highest BCUT2D eigenvalue weighted by atomic mass is 32.1. The van der Waals surface area contributed by atoms with Crippen LogP contribution < -0.4 is 0 Å². The Labute approximate surface area is 71.7 Å². The van der Waals surface area contributed by atoms with Gasteiger partial charge in [-0.25, -0.2) is 9.97 Å². The monoisotopic (exact) mass is 176 g/mol. The number of hydrogen-bond donors (Lipinski definition) is 0. The third-order valence-electron chi connectivity index (χ3n) is 1.80. The van der Waals surface area contributed by atoms with Gasteiger partial charge in [-0.2, -0.15) is 0 Å². The molecule has 0 aliphatic heterocycles. The summed E-state index contributed by atoms with van der Waals surface area (Å²) in [5.74, 6) is 0. The lowest BCUT2D eigenvalue weighted by Crippen LogP contribution is -1.70. The molecule has 0 radical (unpaired) electrons. The Morgan fingerprint density at radius 3 is 3.17 bits per heavy atom. The van der Waals surface area contributed by atoms with Crippen molar-refractivity contribution in [2.24, 2.45) is 0 Å². The number of benzene rings is 1. The summed E-state index contributed by atoms with van der Waals surface area (Å²) in [6.45, 7) is 0. The first-order valence-corrected chi connectivity index (χ1v) is 4.38. The molecule has 0 bridgehead atoms. The molecule has 0 spiro atoms. The minimum Gasteiger partial charge on any atom is -0.443 e. The Morgan fingerprint density at radius 1 is 1.17 bits per heavy atom. The first kappa shape index (κ1) is 6.14. The number of thiazole rings is 1. The molecule has 3 aromatic rings. The summed E-state index contributed by atoms with van der Waals surface area (Å²) in [6, 6.07) is 3.92. The van der Waals surface area contributed by atoms with Gasteiger partial charge in [0.1, 0.15) is 11.0 Å². The SMILES string of the molecule is c1nc2c(ccc3scnc32)o1. The highest BCUT2D eigenvalue weighted by molar-refractivity contribution is 7.16. The van der Waals surface area contributed by atoms with Crippen LogP contribution in [0.5, 0.6) is 0 Å². The first-order chi connectivity index (χ1) is 5.95. The molecule has 0 saturated heterocycles. The fourth-order valence-electron chi connectivity index (χ4n) is 1.25. The molecule has 0 N–H and O–H groups in total. The second kappa shape index (κ2) is 2.04. The molecular weight excluding hydrogens is 172 g/mol. The molecule has 3 nitrogen and oxygen atoms in total. The average Bonchev–Trinajstić information content (AvgIpc) is 2.71. The van der Waals surface area contributed by atoms with E-state index >= 15 is 0 Å². The molecule has 0 amide bonds. The van der Waals surface area contributed by atoms with Gasteiger partial charge in [0.05, 0.1) is 10.2 Å². The molecule has 0 aliphatic carbocycles. The number of oxazole rings is 1. The Bertz CT molecular complexity index is 490. The second-order valence-electron chi connectivity index (χ2n) is 2.46. The Balaban J connectivity index is 2.71. The van der Waals surface area contributed by atoms with E-state index in [-0.39, 0.29) is 0 Å². The van der Waals surface area contributed by atoms with Gasteiger partial charge in [-0.1, -0.05) is 0 Å². The van der Waals surface area contributed by atoms with E-state index in [2.05, 4.69) is 9.97 Å². The molecule has 2 heterocycles. The summed E-state index contributed by atoms with van der Waals surface area (Å²) in [4.78, 5) is 8.31. The normalized spacial score (nSPS) is 11.3. The van der Waals surface area contributed by atoms with Crippen LogP contribution in [0.4, 0.5) is 0 Å². The van der Waals surface area contributed by atoms with Crippen LogP contribution >= 0.6 is 11.3 Å². The zero-order valence-corrected chi connectivity index (χ0v) is 6.84. The standard InChI is InChI=1S/C8H4N2OS/c1-2-6-8(10-4-12-6)7-5(1)11-3-9-7/h1-4H. The summed E-state index contributed by atoms with van der Waals surface area (Å²) in [5.41, 5.74) is 4.41. The van der Waals surface area contributed by atoms with Crippen molar-refractivity contribution >= 4 is 32.7 Å². The fraction of sp³-hybridized carbons (Fsp3) is 0. The molecule has 0 atom stereocenters. The predicted molar refractivity (Wildman–Crippen MR) is 47.2 cm³/mol. The van der Waals surface area contributed by atoms with Crippen LogP contribution in [0.3, 0.4) is 0 Å². The van der Waals surface area contributed by atoms with Crippen LogP contribution in [0, 0.1) is 0 Å². The van der Waals surface area contributed by atoms with Crippen LogP contribution in [0.2, 0.25) is 0 Å². The number of aromatic nitrogens is 2. The molecule has 0 aliphatic rings. The van der Waals surface area contributed by atoms with Crippen molar-refractivity contribution in [2.75, 3.05) is 0 Å². The molecule has 58 valence electrons. The zero-order chi connectivity index (χ0) is 7.97. The van der Waals surface area contributed by atoms with Gasteiger partial charge in [-0.3, -0.25) is 0 Å². The maximum absolute atomic E-state index is 5.15. The van der Waals surface area contributed by atoms with Gasteiger partial charge in [0.25, 0.3) is 0 Å². The van der Waals surface area contributed by atoms with Crippen LogP contribution in [0.15, 0.2) is 28.5 Å². The molecule has 3 rings (SSSR count). The lowest BCUT2D eigenvalue weighted by molar-refractivity contribution is 0.602. The van der Waals surface area contributed by atoms with E-state index in [1.807, 2.05) is 17.6 Å². The van der Waals surface area contributed by atoms with E-state index in [0.29, 0.717) is 0 Å². The van der Waals surface area contributed by atoms with Crippen LogP contribution in [-0.2, 0) is 0 Å². The molecule has 12 heavy (non-hydrogen) atoms. The highest BCUT2D eigenvalue weighted by Crippen LogP contribution is 2.25. The highest BCUT2D eigenvalue weighted by Gasteiger charge is 2.05. The number of nitrogens with zero attached hydrogens (tertiary/aromatic N) is 2. The summed E-state index contributed by atoms with van der Waals surface area (Å²) < 4.78 is 6.30. The minimum absolute atomic E-state index is 0.799. The Morgan fingerprint density at radius 2 is 2.17 bits per heavy atom. The van der Waals surface area contributed by atoms with E-state index in [4.69, 9.17) is 4.42 Å². The number of fused-ring (bicyclic) bond motifs is 3. The molecule has 1 aromatic carbocycles. The van der Waals surface area contributed by atoms with E-state index < -0.39 is 0 Å². The Kier molecular flexibility index (Phi) is 1.04. The molecule has 4 heteroatoms. The molecule has 0 unspecified atom stereocenters. The van der Waals surface area contributed by atoms with Crippen molar-refractivity contribution in [1.82, 2.24) is 9.97 Å². The second-order valence-corrected chi connectivity index (χ2v) is 3.35. The summed E-state index contributed by atoms with van der Waals surface area (Å²) in [6.07, 6.45) is 1.45. The maximum atomic E-state index is 5.15. The average molecular weight is 176 g/mol. The van der Waals surface area contributed by atoms with E-state index in [1.165, 1.54) is 6.39 Å². The van der Waals surface area contributed by atoms with Gasteiger partial charge in [-0.05, 0) is 12.1 Å². The van der Waals surface area contributed by atoms with E-state index in [9.17, 15) is 0 Å². The third-order valence-corrected chi connectivity index (χ3v) is 2.59. The van der Waals surface area contributed by atoms with Crippen molar-refractivity contribution in [1.29, 1.82) is 0 Å². The van der Waals surface area contributed by atoms with Gasteiger partial charge in [0, 0.05) is 0 Å². The summed E-state index contributed by atoms with van der Waals surface area (Å²) >= 11 is 1.61. The topological polar surface area (TPSA) is 38.9 Å². The largest absolute Gasteiger partial charge is 0.443 e. The van der Waals surface area contributed by atoms with Crippen molar-refractivity contribution in [2.45, 2.75) is 0 Å². The maximum Gasteiger partial charge on any atom is 0.182 e. The quantitative estimate of drug-likeness (QED) is 0.528. The number of rotatable bonds is 0. The van der Waals surface area contributed by atoms with E-state index in [0.717, 1.165) is 21.3 Å². The van der Waals surface area contributed by atoms with Crippen molar-refractivity contribution in [3.8, 4) is 0 Å². The summed E-state index contributed by atoms with van der Waals surface area (Å²) in [7, 11) is 0. The molecule has 0 fully saturated rings. The smallest absolute Gasteiger partial charge is 0.182 e. The third kappa shape index (κ3) is 0.648. The summed E-state index contributed by atoms with van der Waals surface area (Å²) in [5, 5.41) is 0. The van der Waals surface area contributed by atoms with Gasteiger partial charge in [0.2, 0.25) is 0 Å². The van der Waals surface area contributed by atoms with Crippen LogP contribution in [0.25, 0.3) is 21.3 Å². The van der Waals surface area contributed by atoms with E-state index in [1.54, 1.807) is 11.3 Å². The van der Waals surface area contributed by atoms with Gasteiger partial charge >= 0.3 is 0 Å². The molecule has 0 saturated carbocycles. The lowest BCUT2D eigenvalue weighted by Gasteiger charge is -1.86.